The molecule has 1 aromatic carbocycles. The van der Waals surface area contributed by atoms with Gasteiger partial charge in [-0.15, -0.1) is 0 Å². The Hall–Kier alpha value is -2.12. The van der Waals surface area contributed by atoms with Crippen LogP contribution in [0.2, 0.25) is 0 Å². The fraction of sp³-hybridized carbons (Fsp3) is 0.353. The molecule has 0 unspecified atom stereocenters. The standard InChI is InChI=1S/C17H20N2O4S/c1-13-2-4-16(5-3-13)24(21,22)18-15-6-9-19(10-7-15)17(20)14-8-11-23-12-14/h2-5,8,11-12,15,18H,6-7,9-10H2,1H3. The maximum atomic E-state index is 12.4. The van der Waals surface area contributed by atoms with E-state index in [1.807, 2.05) is 6.92 Å². The van der Waals surface area contributed by atoms with Crippen LogP contribution in [-0.2, 0) is 10.0 Å². The Kier molecular flexibility index (Phi) is 4.73. The van der Waals surface area contributed by atoms with E-state index in [0.717, 1.165) is 5.56 Å². The van der Waals surface area contributed by atoms with Crippen molar-refractivity contribution in [2.45, 2.75) is 30.7 Å². The maximum Gasteiger partial charge on any atom is 0.257 e. The number of piperidine rings is 1. The highest BCUT2D eigenvalue weighted by Gasteiger charge is 2.27. The molecule has 6 nitrogen and oxygen atoms in total. The van der Waals surface area contributed by atoms with Gasteiger partial charge in [-0.25, -0.2) is 13.1 Å². The number of nitrogens with one attached hydrogen (secondary N) is 1. The second-order valence-corrected chi connectivity index (χ2v) is 7.73. The summed E-state index contributed by atoms with van der Waals surface area (Å²) >= 11 is 0. The lowest BCUT2D eigenvalue weighted by molar-refractivity contribution is 0.0710. The molecule has 2 aromatic rings. The van der Waals surface area contributed by atoms with Crippen molar-refractivity contribution >= 4 is 15.9 Å². The van der Waals surface area contributed by atoms with Crippen molar-refractivity contribution in [2.24, 2.45) is 0 Å². The molecule has 1 N–H and O–H groups in total. The van der Waals surface area contributed by atoms with Gasteiger partial charge in [-0.05, 0) is 38.0 Å². The Morgan fingerprint density at radius 3 is 2.42 bits per heavy atom. The van der Waals surface area contributed by atoms with Crippen LogP contribution >= 0.6 is 0 Å². The van der Waals surface area contributed by atoms with Gasteiger partial charge < -0.3 is 9.32 Å². The van der Waals surface area contributed by atoms with Gasteiger partial charge in [0.2, 0.25) is 10.0 Å². The molecule has 0 aliphatic carbocycles. The van der Waals surface area contributed by atoms with Gasteiger partial charge in [0.15, 0.2) is 0 Å². The summed E-state index contributed by atoms with van der Waals surface area (Å²) < 4.78 is 32.5. The first-order valence-corrected chi connectivity index (χ1v) is 9.34. The van der Waals surface area contributed by atoms with Crippen molar-refractivity contribution in [3.63, 3.8) is 0 Å². The largest absolute Gasteiger partial charge is 0.472 e. The van der Waals surface area contributed by atoms with Crippen molar-refractivity contribution in [2.75, 3.05) is 13.1 Å². The van der Waals surface area contributed by atoms with Gasteiger partial charge in [-0.2, -0.15) is 0 Å². The normalized spacial score (nSPS) is 16.3. The van der Waals surface area contributed by atoms with Crippen LogP contribution in [0.5, 0.6) is 0 Å². The highest BCUT2D eigenvalue weighted by atomic mass is 32.2. The lowest BCUT2D eigenvalue weighted by Crippen LogP contribution is -2.46. The van der Waals surface area contributed by atoms with Crippen LogP contribution in [0.15, 0.2) is 52.2 Å². The van der Waals surface area contributed by atoms with E-state index in [9.17, 15) is 13.2 Å². The number of hydrogen-bond acceptors (Lipinski definition) is 4. The third-order valence-electron chi connectivity index (χ3n) is 4.20. The molecule has 128 valence electrons. The van der Waals surface area contributed by atoms with E-state index in [1.54, 1.807) is 35.2 Å². The molecule has 3 rings (SSSR count). The fourth-order valence-corrected chi connectivity index (χ4v) is 4.08. The van der Waals surface area contributed by atoms with Crippen molar-refractivity contribution in [1.82, 2.24) is 9.62 Å². The van der Waals surface area contributed by atoms with Gasteiger partial charge in [0.1, 0.15) is 6.26 Å². The lowest BCUT2D eigenvalue weighted by Gasteiger charge is -2.32. The first-order chi connectivity index (χ1) is 11.5. The van der Waals surface area contributed by atoms with Gasteiger partial charge in [-0.3, -0.25) is 4.79 Å². The molecule has 0 atom stereocenters. The smallest absolute Gasteiger partial charge is 0.257 e. The first-order valence-electron chi connectivity index (χ1n) is 7.86. The molecular weight excluding hydrogens is 328 g/mol. The molecular formula is C17H20N2O4S. The Morgan fingerprint density at radius 2 is 1.83 bits per heavy atom. The highest BCUT2D eigenvalue weighted by molar-refractivity contribution is 7.89. The van der Waals surface area contributed by atoms with E-state index >= 15 is 0 Å². The predicted octanol–water partition coefficient (Wildman–Crippen LogP) is 2.17. The van der Waals surface area contributed by atoms with Crippen LogP contribution in [0.3, 0.4) is 0 Å². The van der Waals surface area contributed by atoms with Crippen LogP contribution in [-0.4, -0.2) is 38.4 Å². The Labute approximate surface area is 141 Å². The number of rotatable bonds is 4. The van der Waals surface area contributed by atoms with Gasteiger partial charge >= 0.3 is 0 Å². The third kappa shape index (κ3) is 3.68. The number of aryl methyl sites for hydroxylation is 1. The second kappa shape index (κ2) is 6.78. The van der Waals surface area contributed by atoms with E-state index in [1.165, 1.54) is 12.5 Å². The average Bonchev–Trinajstić information content (AvgIpc) is 3.09. The summed E-state index contributed by atoms with van der Waals surface area (Å²) in [6, 6.07) is 8.24. The number of sulfonamides is 1. The van der Waals surface area contributed by atoms with Crippen LogP contribution in [0, 0.1) is 6.92 Å². The zero-order valence-electron chi connectivity index (χ0n) is 13.4. The molecule has 0 saturated carbocycles. The highest BCUT2D eigenvalue weighted by Crippen LogP contribution is 2.17. The molecule has 0 spiro atoms. The molecule has 1 aliphatic rings. The number of likely N-dealkylation sites (tertiary alicyclic amines) is 1. The predicted molar refractivity (Wildman–Crippen MR) is 89.1 cm³/mol. The number of nitrogens with zero attached hydrogens (tertiary/aromatic N) is 1. The zero-order chi connectivity index (χ0) is 17.2. The molecule has 1 aliphatic heterocycles. The van der Waals surface area contributed by atoms with E-state index in [4.69, 9.17) is 4.42 Å². The number of carbonyl (C=O) groups is 1. The van der Waals surface area contributed by atoms with Crippen molar-refractivity contribution in [1.29, 1.82) is 0 Å². The van der Waals surface area contributed by atoms with Crippen molar-refractivity contribution < 1.29 is 17.6 Å². The van der Waals surface area contributed by atoms with Crippen molar-refractivity contribution in [3.8, 4) is 0 Å². The van der Waals surface area contributed by atoms with E-state index in [-0.39, 0.29) is 16.8 Å². The summed E-state index contributed by atoms with van der Waals surface area (Å²) in [4.78, 5) is 14.2. The number of amides is 1. The van der Waals surface area contributed by atoms with Gasteiger partial charge in [-0.1, -0.05) is 17.7 Å². The summed E-state index contributed by atoms with van der Waals surface area (Å²) in [5.74, 6) is -0.0800. The number of carbonyl (C=O) groups excluding carboxylic acids is 1. The Morgan fingerprint density at radius 1 is 1.17 bits per heavy atom. The minimum absolute atomic E-state index is 0.0800. The molecule has 1 amide bonds. The topological polar surface area (TPSA) is 79.6 Å². The monoisotopic (exact) mass is 348 g/mol. The van der Waals surface area contributed by atoms with E-state index in [2.05, 4.69) is 4.72 Å². The second-order valence-electron chi connectivity index (χ2n) is 6.01. The molecule has 2 heterocycles. The fourth-order valence-electron chi connectivity index (χ4n) is 2.77. The summed E-state index contributed by atoms with van der Waals surface area (Å²) in [7, 11) is -3.53. The molecule has 1 saturated heterocycles. The van der Waals surface area contributed by atoms with E-state index in [0.29, 0.717) is 31.5 Å². The van der Waals surface area contributed by atoms with Crippen LogP contribution < -0.4 is 4.72 Å². The van der Waals surface area contributed by atoms with Crippen LogP contribution in [0.4, 0.5) is 0 Å². The third-order valence-corrected chi connectivity index (χ3v) is 5.74. The number of benzene rings is 1. The minimum atomic E-state index is -3.53. The molecule has 0 radical (unpaired) electrons. The lowest BCUT2D eigenvalue weighted by atomic mass is 10.1. The molecule has 0 bridgehead atoms. The van der Waals surface area contributed by atoms with Gasteiger partial charge in [0.05, 0.1) is 16.7 Å². The molecule has 1 fully saturated rings. The molecule has 24 heavy (non-hydrogen) atoms. The summed E-state index contributed by atoms with van der Waals surface area (Å²) in [5.41, 5.74) is 1.54. The SMILES string of the molecule is Cc1ccc(S(=O)(=O)NC2CCN(C(=O)c3ccoc3)CC2)cc1. The quantitative estimate of drug-likeness (QED) is 0.918. The summed E-state index contributed by atoms with van der Waals surface area (Å²) in [6.45, 7) is 2.95. The Bertz CT molecular complexity index is 790. The average molecular weight is 348 g/mol. The van der Waals surface area contributed by atoms with Gasteiger partial charge in [0, 0.05) is 19.1 Å². The minimum Gasteiger partial charge on any atom is -0.472 e. The van der Waals surface area contributed by atoms with E-state index < -0.39 is 10.0 Å². The zero-order valence-corrected chi connectivity index (χ0v) is 14.3. The molecule has 7 heteroatoms. The van der Waals surface area contributed by atoms with Crippen LogP contribution in [0.25, 0.3) is 0 Å². The number of furan rings is 1. The summed E-state index contributed by atoms with van der Waals surface area (Å²) in [6.07, 6.45) is 4.08. The first kappa shape index (κ1) is 16.7. The number of hydrogen-bond donors (Lipinski definition) is 1. The van der Waals surface area contributed by atoms with Gasteiger partial charge in [0.25, 0.3) is 5.91 Å². The van der Waals surface area contributed by atoms with Crippen molar-refractivity contribution in [3.05, 3.63) is 54.0 Å². The molecule has 1 aromatic heterocycles. The Balaban J connectivity index is 1.59. The maximum absolute atomic E-state index is 12.4. The van der Waals surface area contributed by atoms with Crippen LogP contribution in [0.1, 0.15) is 28.8 Å². The summed E-state index contributed by atoms with van der Waals surface area (Å²) in [5, 5.41) is 0.